The van der Waals surface area contributed by atoms with Gasteiger partial charge in [0, 0.05) is 16.9 Å². The van der Waals surface area contributed by atoms with Gasteiger partial charge in [-0.3, -0.25) is 10.1 Å². The predicted molar refractivity (Wildman–Crippen MR) is 92.2 cm³/mol. The third kappa shape index (κ3) is 4.56. The molecule has 0 fully saturated rings. The summed E-state index contributed by atoms with van der Waals surface area (Å²) in [6.07, 6.45) is -1.09. The maximum atomic E-state index is 12.1. The van der Waals surface area contributed by atoms with Gasteiger partial charge in [0.25, 0.3) is 5.91 Å². The molecular weight excluding hydrogens is 352 g/mol. The fourth-order valence-corrected chi connectivity index (χ4v) is 2.79. The summed E-state index contributed by atoms with van der Waals surface area (Å²) in [5, 5.41) is 4.92. The number of halogens is 1. The van der Waals surface area contributed by atoms with Gasteiger partial charge in [-0.15, -0.1) is 11.3 Å². The van der Waals surface area contributed by atoms with Crippen LogP contribution < -0.4 is 10.6 Å². The van der Waals surface area contributed by atoms with Crippen LogP contribution in [0.2, 0.25) is 5.02 Å². The molecule has 3 amide bonds. The van der Waals surface area contributed by atoms with E-state index < -0.39 is 24.0 Å². The van der Waals surface area contributed by atoms with Crippen LogP contribution in [0.15, 0.2) is 36.4 Å². The van der Waals surface area contributed by atoms with E-state index in [0.29, 0.717) is 9.90 Å². The minimum Gasteiger partial charge on any atom is -0.448 e. The van der Waals surface area contributed by atoms with Crippen molar-refractivity contribution in [2.75, 3.05) is 7.05 Å². The Morgan fingerprint density at radius 3 is 2.42 bits per heavy atom. The fourth-order valence-electron chi connectivity index (χ4n) is 1.77. The number of nitrogens with one attached hydrogen (secondary N) is 2. The Balaban J connectivity index is 2.02. The number of thiophene rings is 1. The molecule has 0 spiro atoms. The number of amides is 3. The van der Waals surface area contributed by atoms with Crippen molar-refractivity contribution in [3.8, 4) is 10.4 Å². The maximum Gasteiger partial charge on any atom is 0.349 e. The molecule has 6 nitrogen and oxygen atoms in total. The lowest BCUT2D eigenvalue weighted by atomic mass is 10.2. The highest BCUT2D eigenvalue weighted by molar-refractivity contribution is 7.17. The van der Waals surface area contributed by atoms with Crippen molar-refractivity contribution in [2.45, 2.75) is 13.0 Å². The van der Waals surface area contributed by atoms with Crippen molar-refractivity contribution >= 4 is 40.8 Å². The van der Waals surface area contributed by atoms with E-state index >= 15 is 0 Å². The van der Waals surface area contributed by atoms with Crippen LogP contribution in [0.3, 0.4) is 0 Å². The van der Waals surface area contributed by atoms with Crippen LogP contribution in [0.1, 0.15) is 16.6 Å². The minimum atomic E-state index is -1.09. The lowest BCUT2D eigenvalue weighted by molar-refractivity contribution is -0.127. The van der Waals surface area contributed by atoms with Gasteiger partial charge in [-0.05, 0) is 36.8 Å². The van der Waals surface area contributed by atoms with Crippen LogP contribution in [-0.2, 0) is 9.53 Å². The van der Waals surface area contributed by atoms with E-state index in [0.717, 1.165) is 10.4 Å². The van der Waals surface area contributed by atoms with Gasteiger partial charge in [0.15, 0.2) is 6.10 Å². The van der Waals surface area contributed by atoms with Crippen LogP contribution in [0.4, 0.5) is 4.79 Å². The van der Waals surface area contributed by atoms with Crippen molar-refractivity contribution in [1.29, 1.82) is 0 Å². The first-order chi connectivity index (χ1) is 11.4. The second-order valence-electron chi connectivity index (χ2n) is 4.79. The SMILES string of the molecule is CNC(=O)NC(=O)[C@H](C)OC(=O)c1ccc(-c2ccc(Cl)cc2)s1. The Labute approximate surface area is 147 Å². The Morgan fingerprint density at radius 1 is 1.12 bits per heavy atom. The second kappa shape index (κ2) is 7.94. The number of esters is 1. The average Bonchev–Trinajstić information content (AvgIpc) is 3.05. The Hall–Kier alpha value is -2.38. The molecule has 1 aromatic heterocycles. The van der Waals surface area contributed by atoms with Crippen molar-refractivity contribution in [3.63, 3.8) is 0 Å². The number of hydrogen-bond donors (Lipinski definition) is 2. The molecule has 1 heterocycles. The summed E-state index contributed by atoms with van der Waals surface area (Å²) in [5.74, 6) is -1.32. The van der Waals surface area contributed by atoms with E-state index in [4.69, 9.17) is 16.3 Å². The summed E-state index contributed by atoms with van der Waals surface area (Å²) in [5.41, 5.74) is 0.925. The molecule has 2 N–H and O–H groups in total. The molecule has 1 atom stereocenters. The summed E-state index contributed by atoms with van der Waals surface area (Å²) in [4.78, 5) is 36.1. The largest absolute Gasteiger partial charge is 0.448 e. The van der Waals surface area contributed by atoms with E-state index in [9.17, 15) is 14.4 Å². The van der Waals surface area contributed by atoms with Gasteiger partial charge in [0.2, 0.25) is 0 Å². The van der Waals surface area contributed by atoms with E-state index in [-0.39, 0.29) is 0 Å². The molecule has 0 radical (unpaired) electrons. The molecule has 0 saturated carbocycles. The van der Waals surface area contributed by atoms with Gasteiger partial charge in [-0.2, -0.15) is 0 Å². The second-order valence-corrected chi connectivity index (χ2v) is 6.31. The molecule has 0 aliphatic rings. The van der Waals surface area contributed by atoms with Crippen molar-refractivity contribution < 1.29 is 19.1 Å². The molecule has 2 rings (SSSR count). The molecule has 1 aromatic carbocycles. The number of benzene rings is 1. The highest BCUT2D eigenvalue weighted by atomic mass is 35.5. The lowest BCUT2D eigenvalue weighted by Crippen LogP contribution is -2.43. The molecule has 2 aromatic rings. The third-order valence-corrected chi connectivity index (χ3v) is 4.42. The molecule has 24 heavy (non-hydrogen) atoms. The van der Waals surface area contributed by atoms with Crippen molar-refractivity contribution in [1.82, 2.24) is 10.6 Å². The first-order valence-electron chi connectivity index (χ1n) is 7.00. The molecule has 0 bridgehead atoms. The fraction of sp³-hybridized carbons (Fsp3) is 0.188. The number of carbonyl (C=O) groups excluding carboxylic acids is 3. The van der Waals surface area contributed by atoms with Gasteiger partial charge in [0.1, 0.15) is 4.88 Å². The summed E-state index contributed by atoms with van der Waals surface area (Å²) >= 11 is 7.09. The van der Waals surface area contributed by atoms with Crippen LogP contribution in [0.5, 0.6) is 0 Å². The number of ether oxygens (including phenoxy) is 1. The van der Waals surface area contributed by atoms with Crippen LogP contribution in [0, 0.1) is 0 Å². The normalized spacial score (nSPS) is 11.5. The summed E-state index contributed by atoms with van der Waals surface area (Å²) in [6.45, 7) is 1.39. The van der Waals surface area contributed by atoms with Gasteiger partial charge in [-0.25, -0.2) is 9.59 Å². The Kier molecular flexibility index (Phi) is 5.94. The lowest BCUT2D eigenvalue weighted by Gasteiger charge is -2.11. The molecule has 0 saturated heterocycles. The molecule has 126 valence electrons. The van der Waals surface area contributed by atoms with Crippen LogP contribution in [-0.4, -0.2) is 31.1 Å². The number of hydrogen-bond acceptors (Lipinski definition) is 5. The summed E-state index contributed by atoms with van der Waals surface area (Å²) in [7, 11) is 1.38. The highest BCUT2D eigenvalue weighted by Gasteiger charge is 2.21. The van der Waals surface area contributed by atoms with E-state index in [1.165, 1.54) is 25.3 Å². The van der Waals surface area contributed by atoms with Crippen molar-refractivity contribution in [3.05, 3.63) is 46.3 Å². The maximum absolute atomic E-state index is 12.1. The zero-order valence-corrected chi connectivity index (χ0v) is 14.5. The number of imide groups is 1. The van der Waals surface area contributed by atoms with E-state index in [2.05, 4.69) is 5.32 Å². The standard InChI is InChI=1S/C16H15ClN2O4S/c1-9(14(20)19-16(22)18-2)23-15(21)13-8-7-12(24-13)10-3-5-11(17)6-4-10/h3-9H,1-2H3,(H2,18,19,20,22)/t9-/m0/s1. The Bertz CT molecular complexity index is 758. The highest BCUT2D eigenvalue weighted by Crippen LogP contribution is 2.29. The zero-order chi connectivity index (χ0) is 17.7. The van der Waals surface area contributed by atoms with Crippen LogP contribution in [0.25, 0.3) is 10.4 Å². The Morgan fingerprint density at radius 2 is 1.79 bits per heavy atom. The predicted octanol–water partition coefficient (Wildman–Crippen LogP) is 3.07. The minimum absolute atomic E-state index is 0.361. The molecule has 0 unspecified atom stereocenters. The molecule has 0 aliphatic heterocycles. The molecular formula is C16H15ClN2O4S. The first kappa shape index (κ1) is 18.0. The quantitative estimate of drug-likeness (QED) is 0.814. The molecule has 0 aliphatic carbocycles. The first-order valence-corrected chi connectivity index (χ1v) is 8.19. The average molecular weight is 367 g/mol. The van der Waals surface area contributed by atoms with Gasteiger partial charge < -0.3 is 10.1 Å². The zero-order valence-electron chi connectivity index (χ0n) is 13.0. The topological polar surface area (TPSA) is 84.5 Å². The van der Waals surface area contributed by atoms with Crippen LogP contribution >= 0.6 is 22.9 Å². The number of carbonyl (C=O) groups is 3. The summed E-state index contributed by atoms with van der Waals surface area (Å²) in [6, 6.07) is 9.98. The van der Waals surface area contributed by atoms with E-state index in [1.807, 2.05) is 17.4 Å². The van der Waals surface area contributed by atoms with Crippen molar-refractivity contribution in [2.24, 2.45) is 0 Å². The summed E-state index contributed by atoms with van der Waals surface area (Å²) < 4.78 is 5.07. The third-order valence-electron chi connectivity index (χ3n) is 3.05. The van der Waals surface area contributed by atoms with E-state index in [1.54, 1.807) is 24.3 Å². The van der Waals surface area contributed by atoms with Gasteiger partial charge >= 0.3 is 12.0 Å². The number of rotatable bonds is 4. The van der Waals surface area contributed by atoms with Gasteiger partial charge in [0.05, 0.1) is 0 Å². The number of urea groups is 1. The smallest absolute Gasteiger partial charge is 0.349 e. The van der Waals surface area contributed by atoms with Gasteiger partial charge in [-0.1, -0.05) is 23.7 Å². The molecule has 8 heteroatoms. The monoisotopic (exact) mass is 366 g/mol.